The van der Waals surface area contributed by atoms with E-state index in [0.717, 1.165) is 60.2 Å². The summed E-state index contributed by atoms with van der Waals surface area (Å²) in [6.45, 7) is 3.03. The lowest BCUT2D eigenvalue weighted by atomic mass is 9.90. The third-order valence-corrected chi connectivity index (χ3v) is 7.04. The van der Waals surface area contributed by atoms with Gasteiger partial charge in [0.1, 0.15) is 5.65 Å². The predicted octanol–water partition coefficient (Wildman–Crippen LogP) is 5.60. The van der Waals surface area contributed by atoms with E-state index in [4.69, 9.17) is 10.2 Å². The van der Waals surface area contributed by atoms with Crippen molar-refractivity contribution in [3.05, 3.63) is 101 Å². The average molecular weight is 509 g/mol. The molecular formula is C28H27F3N4O2. The number of fused-ring (bicyclic) bond motifs is 1. The van der Waals surface area contributed by atoms with E-state index in [2.05, 4.69) is 21.6 Å². The number of carbonyl (C=O) groups is 1. The minimum atomic E-state index is -4.31. The van der Waals surface area contributed by atoms with Crippen LogP contribution in [0.2, 0.25) is 0 Å². The zero-order chi connectivity index (χ0) is 26.0. The summed E-state index contributed by atoms with van der Waals surface area (Å²) in [6, 6.07) is 16.7. The highest BCUT2D eigenvalue weighted by molar-refractivity contribution is 5.93. The minimum Gasteiger partial charge on any atom is -0.328 e. The molecule has 0 saturated carbocycles. The number of aromatic nitrogens is 2. The van der Waals surface area contributed by atoms with Crippen LogP contribution in [0.4, 0.5) is 13.2 Å². The number of alkyl halides is 3. The van der Waals surface area contributed by atoms with Gasteiger partial charge in [0.25, 0.3) is 5.91 Å². The van der Waals surface area contributed by atoms with Crippen LogP contribution in [0.15, 0.2) is 73.1 Å². The Kier molecular flexibility index (Phi) is 6.99. The highest BCUT2D eigenvalue weighted by Crippen LogP contribution is 2.32. The molecule has 4 aromatic rings. The lowest BCUT2D eigenvalue weighted by Gasteiger charge is -2.32. The molecule has 37 heavy (non-hydrogen) atoms. The first-order valence-corrected chi connectivity index (χ1v) is 12.2. The number of halogens is 3. The second kappa shape index (κ2) is 10.4. The molecule has 0 unspecified atom stereocenters. The lowest BCUT2D eigenvalue weighted by Crippen LogP contribution is -2.32. The zero-order valence-electron chi connectivity index (χ0n) is 20.1. The average Bonchev–Trinajstić information content (AvgIpc) is 3.30. The van der Waals surface area contributed by atoms with Crippen LogP contribution in [0.25, 0.3) is 11.0 Å². The SMILES string of the molecule is O=C(NO)c1ccc(Cn2ccc3cc(C4CCN(Cc5ccc(C(F)(F)F)cc5)CC4)cnc32)cc1. The molecule has 6 nitrogen and oxygen atoms in total. The highest BCUT2D eigenvalue weighted by atomic mass is 19.4. The summed E-state index contributed by atoms with van der Waals surface area (Å²) >= 11 is 0. The molecule has 192 valence electrons. The van der Waals surface area contributed by atoms with Crippen LogP contribution in [-0.4, -0.2) is 38.7 Å². The van der Waals surface area contributed by atoms with Crippen molar-refractivity contribution in [3.8, 4) is 0 Å². The fraction of sp³-hybridized carbons (Fsp3) is 0.286. The molecule has 9 heteroatoms. The van der Waals surface area contributed by atoms with Crippen molar-refractivity contribution in [2.75, 3.05) is 13.1 Å². The van der Waals surface area contributed by atoms with Gasteiger partial charge in [-0.05, 0) is 84.9 Å². The van der Waals surface area contributed by atoms with Gasteiger partial charge in [-0.15, -0.1) is 0 Å². The van der Waals surface area contributed by atoms with Gasteiger partial charge in [-0.3, -0.25) is 14.9 Å². The summed E-state index contributed by atoms with van der Waals surface area (Å²) in [4.78, 5) is 18.5. The molecule has 1 aliphatic heterocycles. The fourth-order valence-corrected chi connectivity index (χ4v) is 4.95. The van der Waals surface area contributed by atoms with Crippen LogP contribution >= 0.6 is 0 Å². The van der Waals surface area contributed by atoms with E-state index in [1.54, 1.807) is 29.7 Å². The molecule has 0 radical (unpaired) electrons. The third kappa shape index (κ3) is 5.68. The number of likely N-dealkylation sites (tertiary alicyclic amines) is 1. The molecule has 1 fully saturated rings. The van der Waals surface area contributed by atoms with Crippen molar-refractivity contribution in [2.24, 2.45) is 0 Å². The second-order valence-corrected chi connectivity index (χ2v) is 9.51. The molecule has 0 spiro atoms. The smallest absolute Gasteiger partial charge is 0.328 e. The molecule has 1 amide bonds. The number of piperidine rings is 1. The zero-order valence-corrected chi connectivity index (χ0v) is 20.1. The molecular weight excluding hydrogens is 481 g/mol. The van der Waals surface area contributed by atoms with Crippen molar-refractivity contribution in [1.82, 2.24) is 19.9 Å². The molecule has 2 aromatic carbocycles. The van der Waals surface area contributed by atoms with Crippen LogP contribution in [0.1, 0.15) is 51.4 Å². The Bertz CT molecular complexity index is 1370. The summed E-state index contributed by atoms with van der Waals surface area (Å²) in [6.07, 6.45) is 1.59. The largest absolute Gasteiger partial charge is 0.416 e. The number of hydrogen-bond acceptors (Lipinski definition) is 4. The van der Waals surface area contributed by atoms with Crippen molar-refractivity contribution in [1.29, 1.82) is 0 Å². The highest BCUT2D eigenvalue weighted by Gasteiger charge is 2.30. The van der Waals surface area contributed by atoms with E-state index in [-0.39, 0.29) is 0 Å². The quantitative estimate of drug-likeness (QED) is 0.263. The van der Waals surface area contributed by atoms with Gasteiger partial charge in [-0.25, -0.2) is 10.5 Å². The first-order valence-electron chi connectivity index (χ1n) is 12.2. The molecule has 2 aromatic heterocycles. The summed E-state index contributed by atoms with van der Waals surface area (Å²) in [7, 11) is 0. The van der Waals surface area contributed by atoms with Gasteiger partial charge in [-0.2, -0.15) is 13.2 Å². The number of nitrogens with zero attached hydrogens (tertiary/aromatic N) is 3. The van der Waals surface area contributed by atoms with Gasteiger partial charge in [-0.1, -0.05) is 24.3 Å². The molecule has 2 N–H and O–H groups in total. The van der Waals surface area contributed by atoms with Crippen LogP contribution in [0.5, 0.6) is 0 Å². The van der Waals surface area contributed by atoms with Gasteiger partial charge in [0.2, 0.25) is 0 Å². The number of hydrogen-bond donors (Lipinski definition) is 2. The number of amides is 1. The molecule has 0 aliphatic carbocycles. The van der Waals surface area contributed by atoms with Crippen molar-refractivity contribution < 1.29 is 23.2 Å². The standard InChI is InChI=1S/C28H27F3N4O2/c29-28(30,31)25-7-3-19(4-8-25)17-34-12-9-21(10-13-34)24-15-23-11-14-35(26(23)32-16-24)18-20-1-5-22(6-2-20)27(36)33-37/h1-8,11,14-16,21,37H,9-10,12-13,17-18H2,(H,33,36). The van der Waals surface area contributed by atoms with E-state index in [0.29, 0.717) is 24.6 Å². The molecule has 1 saturated heterocycles. The van der Waals surface area contributed by atoms with Gasteiger partial charge in [0.05, 0.1) is 5.56 Å². The molecule has 0 bridgehead atoms. The number of rotatable bonds is 6. The van der Waals surface area contributed by atoms with Crippen LogP contribution in [0.3, 0.4) is 0 Å². The van der Waals surface area contributed by atoms with E-state index in [1.165, 1.54) is 5.56 Å². The molecule has 1 aliphatic rings. The Labute approximate surface area is 212 Å². The maximum atomic E-state index is 12.8. The summed E-state index contributed by atoms with van der Waals surface area (Å²) in [5.74, 6) is -0.146. The number of hydroxylamine groups is 1. The molecule has 3 heterocycles. The summed E-state index contributed by atoms with van der Waals surface area (Å²) in [5, 5.41) is 9.83. The van der Waals surface area contributed by atoms with Gasteiger partial charge >= 0.3 is 6.18 Å². The fourth-order valence-electron chi connectivity index (χ4n) is 4.95. The minimum absolute atomic E-state index is 0.386. The van der Waals surface area contributed by atoms with Crippen molar-refractivity contribution in [2.45, 2.75) is 38.0 Å². The molecule has 5 rings (SSSR count). The Morgan fingerprint density at radius 2 is 1.62 bits per heavy atom. The Balaban J connectivity index is 1.19. The third-order valence-electron chi connectivity index (χ3n) is 7.04. The maximum Gasteiger partial charge on any atom is 0.416 e. The van der Waals surface area contributed by atoms with Crippen LogP contribution in [0, 0.1) is 0 Å². The normalized spacial score (nSPS) is 15.2. The van der Waals surface area contributed by atoms with Gasteiger partial charge < -0.3 is 4.57 Å². The predicted molar refractivity (Wildman–Crippen MR) is 133 cm³/mol. The van der Waals surface area contributed by atoms with E-state index in [1.807, 2.05) is 24.5 Å². The van der Waals surface area contributed by atoms with E-state index in [9.17, 15) is 18.0 Å². The number of carbonyl (C=O) groups excluding carboxylic acids is 1. The Morgan fingerprint density at radius 1 is 0.973 bits per heavy atom. The van der Waals surface area contributed by atoms with Gasteiger partial charge in [0, 0.05) is 36.4 Å². The number of nitrogens with one attached hydrogen (secondary N) is 1. The van der Waals surface area contributed by atoms with E-state index >= 15 is 0 Å². The first-order chi connectivity index (χ1) is 17.8. The Hall–Kier alpha value is -3.69. The molecule has 0 atom stereocenters. The summed E-state index contributed by atoms with van der Waals surface area (Å²) in [5.41, 5.74) is 5.40. The monoisotopic (exact) mass is 508 g/mol. The van der Waals surface area contributed by atoms with Gasteiger partial charge in [0.15, 0.2) is 0 Å². The lowest BCUT2D eigenvalue weighted by molar-refractivity contribution is -0.137. The summed E-state index contributed by atoms with van der Waals surface area (Å²) < 4.78 is 40.4. The van der Waals surface area contributed by atoms with E-state index < -0.39 is 17.6 Å². The topological polar surface area (TPSA) is 70.4 Å². The maximum absolute atomic E-state index is 12.8. The van der Waals surface area contributed by atoms with Crippen molar-refractivity contribution in [3.63, 3.8) is 0 Å². The second-order valence-electron chi connectivity index (χ2n) is 9.51. The van der Waals surface area contributed by atoms with Crippen molar-refractivity contribution >= 4 is 16.9 Å². The first kappa shape index (κ1) is 25.0. The van der Waals surface area contributed by atoms with Crippen LogP contribution < -0.4 is 5.48 Å². The number of pyridine rings is 1. The Morgan fingerprint density at radius 3 is 2.27 bits per heavy atom. The van der Waals surface area contributed by atoms with Crippen LogP contribution in [-0.2, 0) is 19.3 Å². The number of benzene rings is 2.